The Balaban J connectivity index is 1.82. The van der Waals surface area contributed by atoms with Crippen molar-refractivity contribution in [1.29, 1.82) is 0 Å². The van der Waals surface area contributed by atoms with Crippen LogP contribution in [0.4, 0.5) is 0 Å². The molecule has 82 valence electrons. The molecule has 4 heteroatoms. The lowest BCUT2D eigenvalue weighted by Crippen LogP contribution is -2.18. The van der Waals surface area contributed by atoms with E-state index in [1.165, 1.54) is 16.9 Å². The second-order valence-electron chi connectivity index (χ2n) is 3.67. The molecule has 0 saturated heterocycles. The van der Waals surface area contributed by atoms with Crippen LogP contribution in [0, 0.1) is 6.92 Å². The summed E-state index contributed by atoms with van der Waals surface area (Å²) in [4.78, 5) is 5.91. The summed E-state index contributed by atoms with van der Waals surface area (Å²) in [7, 11) is 0. The Kier molecular flexibility index (Phi) is 3.70. The molecule has 1 aliphatic heterocycles. The zero-order valence-corrected chi connectivity index (χ0v) is 10.8. The van der Waals surface area contributed by atoms with E-state index in [2.05, 4.69) is 35.6 Å². The molecule has 1 atom stereocenters. The molecule has 0 amide bonds. The molecular weight excluding hydrogens is 224 g/mol. The van der Waals surface area contributed by atoms with E-state index in [-0.39, 0.29) is 0 Å². The van der Waals surface area contributed by atoms with Crippen LogP contribution >= 0.6 is 23.1 Å². The first-order valence-electron chi connectivity index (χ1n) is 5.27. The molecule has 0 fully saturated rings. The van der Waals surface area contributed by atoms with Crippen molar-refractivity contribution in [1.82, 2.24) is 5.32 Å². The quantitative estimate of drug-likeness (QED) is 0.878. The monoisotopic (exact) mass is 240 g/mol. The number of rotatable bonds is 3. The van der Waals surface area contributed by atoms with Crippen LogP contribution in [-0.2, 0) is 6.54 Å². The van der Waals surface area contributed by atoms with Crippen LogP contribution in [0.5, 0.6) is 0 Å². The van der Waals surface area contributed by atoms with Crippen molar-refractivity contribution in [2.24, 2.45) is 4.99 Å². The van der Waals surface area contributed by atoms with E-state index < -0.39 is 0 Å². The van der Waals surface area contributed by atoms with Crippen molar-refractivity contribution in [2.45, 2.75) is 32.1 Å². The third-order valence-corrected chi connectivity index (χ3v) is 4.88. The Labute approximate surface area is 99.2 Å². The molecule has 0 radical (unpaired) electrons. The number of thioether (sulfide) groups is 1. The number of amidine groups is 1. The van der Waals surface area contributed by atoms with Gasteiger partial charge in [0.15, 0.2) is 5.17 Å². The molecule has 2 nitrogen and oxygen atoms in total. The maximum absolute atomic E-state index is 4.49. The lowest BCUT2D eigenvalue weighted by Gasteiger charge is -2.06. The summed E-state index contributed by atoms with van der Waals surface area (Å²) in [6.07, 6.45) is 1.21. The van der Waals surface area contributed by atoms with E-state index in [9.17, 15) is 0 Å². The topological polar surface area (TPSA) is 24.4 Å². The summed E-state index contributed by atoms with van der Waals surface area (Å²) >= 11 is 3.69. The highest BCUT2D eigenvalue weighted by Crippen LogP contribution is 2.23. The van der Waals surface area contributed by atoms with Gasteiger partial charge in [-0.2, -0.15) is 0 Å². The molecular formula is C11H16N2S2. The Morgan fingerprint density at radius 2 is 2.47 bits per heavy atom. The highest BCUT2D eigenvalue weighted by molar-refractivity contribution is 8.14. The van der Waals surface area contributed by atoms with Crippen LogP contribution < -0.4 is 5.32 Å². The summed E-state index contributed by atoms with van der Waals surface area (Å²) in [5, 5.41) is 7.37. The number of aliphatic imine (C=N–C) groups is 1. The first kappa shape index (κ1) is 11.0. The van der Waals surface area contributed by atoms with Crippen molar-refractivity contribution in [3.8, 4) is 0 Å². The zero-order valence-electron chi connectivity index (χ0n) is 9.12. The fourth-order valence-corrected chi connectivity index (χ4v) is 3.25. The SMILES string of the molecule is CCC1CN=C(NCc2sccc2C)S1. The fraction of sp³-hybridized carbons (Fsp3) is 0.545. The minimum atomic E-state index is 0.692. The molecule has 0 bridgehead atoms. The van der Waals surface area contributed by atoms with Crippen molar-refractivity contribution in [3.63, 3.8) is 0 Å². The predicted molar refractivity (Wildman–Crippen MR) is 69.9 cm³/mol. The molecule has 1 aliphatic rings. The normalized spacial score (nSPS) is 20.4. The van der Waals surface area contributed by atoms with Gasteiger partial charge in [-0.05, 0) is 30.4 Å². The largest absolute Gasteiger partial charge is 0.360 e. The van der Waals surface area contributed by atoms with Gasteiger partial charge in [0.25, 0.3) is 0 Å². The lowest BCUT2D eigenvalue weighted by molar-refractivity contribution is 0.840. The predicted octanol–water partition coefficient (Wildman–Crippen LogP) is 3.03. The summed E-state index contributed by atoms with van der Waals surface area (Å²) in [5.41, 5.74) is 1.38. The van der Waals surface area contributed by atoms with E-state index in [1.54, 1.807) is 0 Å². The third kappa shape index (κ3) is 2.75. The molecule has 0 spiro atoms. The van der Waals surface area contributed by atoms with Crippen LogP contribution in [0.25, 0.3) is 0 Å². The minimum absolute atomic E-state index is 0.692. The molecule has 2 rings (SSSR count). The third-order valence-electron chi connectivity index (χ3n) is 2.54. The number of nitrogens with one attached hydrogen (secondary N) is 1. The van der Waals surface area contributed by atoms with Crippen LogP contribution in [0.2, 0.25) is 0 Å². The fourth-order valence-electron chi connectivity index (χ4n) is 1.47. The van der Waals surface area contributed by atoms with E-state index >= 15 is 0 Å². The number of thiophene rings is 1. The molecule has 1 unspecified atom stereocenters. The Morgan fingerprint density at radius 3 is 3.07 bits per heavy atom. The maximum atomic E-state index is 4.49. The summed E-state index contributed by atoms with van der Waals surface area (Å²) < 4.78 is 0. The van der Waals surface area contributed by atoms with Gasteiger partial charge < -0.3 is 5.32 Å². The van der Waals surface area contributed by atoms with Gasteiger partial charge in [-0.25, -0.2) is 0 Å². The maximum Gasteiger partial charge on any atom is 0.157 e. The molecule has 0 saturated carbocycles. The minimum Gasteiger partial charge on any atom is -0.360 e. The molecule has 2 heterocycles. The summed E-state index contributed by atoms with van der Waals surface area (Å²) in [6.45, 7) is 6.28. The van der Waals surface area contributed by atoms with Gasteiger partial charge in [0.2, 0.25) is 0 Å². The van der Waals surface area contributed by atoms with E-state index in [0.29, 0.717) is 5.25 Å². The molecule has 1 N–H and O–H groups in total. The Morgan fingerprint density at radius 1 is 1.60 bits per heavy atom. The average Bonchev–Trinajstić information content (AvgIpc) is 2.84. The number of aryl methyl sites for hydroxylation is 1. The molecule has 1 aromatic rings. The van der Waals surface area contributed by atoms with Gasteiger partial charge in [-0.15, -0.1) is 11.3 Å². The van der Waals surface area contributed by atoms with E-state index in [4.69, 9.17) is 0 Å². The van der Waals surface area contributed by atoms with Gasteiger partial charge in [0.1, 0.15) is 0 Å². The highest BCUT2D eigenvalue weighted by atomic mass is 32.2. The zero-order chi connectivity index (χ0) is 10.7. The average molecular weight is 240 g/mol. The molecule has 1 aromatic heterocycles. The number of hydrogen-bond acceptors (Lipinski definition) is 4. The number of nitrogens with zero attached hydrogens (tertiary/aromatic N) is 1. The standard InChI is InChI=1S/C11H16N2S2/c1-3-9-6-12-11(15-9)13-7-10-8(2)4-5-14-10/h4-5,9H,3,6-7H2,1-2H3,(H,12,13). The second kappa shape index (κ2) is 5.03. The Bertz CT molecular complexity index is 357. The van der Waals surface area contributed by atoms with Crippen molar-refractivity contribution in [3.05, 3.63) is 21.9 Å². The van der Waals surface area contributed by atoms with Gasteiger partial charge in [0.05, 0.1) is 13.1 Å². The van der Waals surface area contributed by atoms with Crippen LogP contribution in [0.3, 0.4) is 0 Å². The highest BCUT2D eigenvalue weighted by Gasteiger charge is 2.17. The first-order valence-corrected chi connectivity index (χ1v) is 7.03. The molecule has 0 aliphatic carbocycles. The lowest BCUT2D eigenvalue weighted by atomic mass is 10.3. The van der Waals surface area contributed by atoms with Crippen LogP contribution in [0.15, 0.2) is 16.4 Å². The summed E-state index contributed by atoms with van der Waals surface area (Å²) in [5.74, 6) is 0. The van der Waals surface area contributed by atoms with Crippen molar-refractivity contribution >= 4 is 28.3 Å². The second-order valence-corrected chi connectivity index (χ2v) is 5.96. The van der Waals surface area contributed by atoms with E-state index in [0.717, 1.165) is 18.3 Å². The summed E-state index contributed by atoms with van der Waals surface area (Å²) in [6, 6.07) is 2.17. The van der Waals surface area contributed by atoms with Crippen LogP contribution in [-0.4, -0.2) is 17.0 Å². The Hall–Kier alpha value is -0.480. The van der Waals surface area contributed by atoms with Gasteiger partial charge in [-0.1, -0.05) is 18.7 Å². The molecule has 0 aromatic carbocycles. The molecule has 15 heavy (non-hydrogen) atoms. The van der Waals surface area contributed by atoms with Crippen LogP contribution in [0.1, 0.15) is 23.8 Å². The first-order chi connectivity index (χ1) is 7.29. The van der Waals surface area contributed by atoms with Gasteiger partial charge >= 0.3 is 0 Å². The van der Waals surface area contributed by atoms with Crippen molar-refractivity contribution in [2.75, 3.05) is 6.54 Å². The van der Waals surface area contributed by atoms with Crippen molar-refractivity contribution < 1.29 is 0 Å². The van der Waals surface area contributed by atoms with Gasteiger partial charge in [-0.3, -0.25) is 4.99 Å². The van der Waals surface area contributed by atoms with E-state index in [1.807, 2.05) is 23.1 Å². The van der Waals surface area contributed by atoms with Gasteiger partial charge in [0, 0.05) is 10.1 Å². The number of hydrogen-bond donors (Lipinski definition) is 1. The smallest absolute Gasteiger partial charge is 0.157 e.